The normalized spacial score (nSPS) is 18.1. The van der Waals surface area contributed by atoms with E-state index in [0.717, 1.165) is 11.4 Å². The fraction of sp³-hybridized carbons (Fsp3) is 0.625. The lowest BCUT2D eigenvalue weighted by molar-refractivity contribution is 0.498. The molecule has 0 saturated heterocycles. The van der Waals surface area contributed by atoms with E-state index < -0.39 is 0 Å². The van der Waals surface area contributed by atoms with E-state index in [1.54, 1.807) is 5.56 Å². The quantitative estimate of drug-likeness (QED) is 0.595. The van der Waals surface area contributed by atoms with Gasteiger partial charge in [0, 0.05) is 0 Å². The fourth-order valence-corrected chi connectivity index (χ4v) is 2.78. The van der Waals surface area contributed by atoms with Crippen molar-refractivity contribution in [3.8, 4) is 0 Å². The summed E-state index contributed by atoms with van der Waals surface area (Å²) < 4.78 is 0. The van der Waals surface area contributed by atoms with E-state index in [1.165, 1.54) is 41.5 Å². The van der Waals surface area contributed by atoms with Gasteiger partial charge in [-0.1, -0.05) is 37.4 Å². The van der Waals surface area contributed by atoms with E-state index in [0.29, 0.717) is 0 Å². The van der Waals surface area contributed by atoms with E-state index in [1.807, 2.05) is 13.8 Å². The van der Waals surface area contributed by atoms with E-state index in [2.05, 4.69) is 27.7 Å². The summed E-state index contributed by atoms with van der Waals surface area (Å²) in [5, 5.41) is 0. The maximum Gasteiger partial charge on any atom is 0.114 e. The van der Waals surface area contributed by atoms with Crippen LogP contribution < -0.4 is 5.46 Å². The van der Waals surface area contributed by atoms with Gasteiger partial charge in [0.05, 0.1) is 0 Å². The molecular weight excluding hydrogens is 203 g/mol. The lowest BCUT2D eigenvalue weighted by Crippen LogP contribution is -2.23. The Kier molecular flexibility index (Phi) is 4.85. The molecule has 92 valence electrons. The van der Waals surface area contributed by atoms with Crippen molar-refractivity contribution in [2.45, 2.75) is 60.8 Å². The molecule has 0 spiro atoms. The van der Waals surface area contributed by atoms with Crippen LogP contribution in [-0.2, 0) is 12.8 Å². The van der Waals surface area contributed by atoms with Gasteiger partial charge in [-0.05, 0) is 62.6 Å². The van der Waals surface area contributed by atoms with Crippen LogP contribution in [0, 0.1) is 26.7 Å². The van der Waals surface area contributed by atoms with Crippen molar-refractivity contribution in [1.82, 2.24) is 0 Å². The van der Waals surface area contributed by atoms with Crippen LogP contribution in [0.1, 0.15) is 55.0 Å². The fourth-order valence-electron chi connectivity index (χ4n) is 2.78. The number of benzene rings is 1. The van der Waals surface area contributed by atoms with Gasteiger partial charge in [-0.25, -0.2) is 0 Å². The van der Waals surface area contributed by atoms with Gasteiger partial charge in [-0.15, -0.1) is 0 Å². The van der Waals surface area contributed by atoms with E-state index in [9.17, 15) is 0 Å². The molecular formula is C16H25B. The Morgan fingerprint density at radius 3 is 2.12 bits per heavy atom. The average molecular weight is 228 g/mol. The van der Waals surface area contributed by atoms with Crippen molar-refractivity contribution in [1.29, 1.82) is 0 Å². The third-order valence-electron chi connectivity index (χ3n) is 4.08. The first-order valence-corrected chi connectivity index (χ1v) is 6.89. The first-order chi connectivity index (χ1) is 8.02. The minimum absolute atomic E-state index is 0.832. The van der Waals surface area contributed by atoms with E-state index in [-0.39, 0.29) is 0 Å². The van der Waals surface area contributed by atoms with Crippen LogP contribution in [0.3, 0.4) is 0 Å². The zero-order chi connectivity index (χ0) is 13.2. The number of hydrogen-bond acceptors (Lipinski definition) is 0. The van der Waals surface area contributed by atoms with E-state index in [4.69, 9.17) is 7.85 Å². The van der Waals surface area contributed by atoms with Gasteiger partial charge in [0.25, 0.3) is 0 Å². The summed E-state index contributed by atoms with van der Waals surface area (Å²) in [6, 6.07) is 0. The predicted molar refractivity (Wildman–Crippen MR) is 78.6 cm³/mol. The summed E-state index contributed by atoms with van der Waals surface area (Å²) in [6.07, 6.45) is 3.77. The highest BCUT2D eigenvalue weighted by molar-refractivity contribution is 6.34. The Bertz CT molecular complexity index is 405. The van der Waals surface area contributed by atoms with Gasteiger partial charge in [0.2, 0.25) is 0 Å². The predicted octanol–water partition coefficient (Wildman–Crippen LogP) is 3.56. The van der Waals surface area contributed by atoms with Crippen molar-refractivity contribution in [2.24, 2.45) is 5.92 Å². The lowest BCUT2D eigenvalue weighted by Gasteiger charge is -2.28. The van der Waals surface area contributed by atoms with Crippen LogP contribution in [-0.4, -0.2) is 7.85 Å². The van der Waals surface area contributed by atoms with Crippen molar-refractivity contribution in [2.75, 3.05) is 0 Å². The topological polar surface area (TPSA) is 0 Å². The van der Waals surface area contributed by atoms with Crippen molar-refractivity contribution in [3.63, 3.8) is 0 Å². The first-order valence-electron chi connectivity index (χ1n) is 6.89. The number of fused-ring (bicyclic) bond motifs is 1. The Morgan fingerprint density at radius 2 is 1.53 bits per heavy atom. The molecule has 1 aromatic carbocycles. The highest BCUT2D eigenvalue weighted by Crippen LogP contribution is 2.30. The molecule has 0 N–H and O–H groups in total. The summed E-state index contributed by atoms with van der Waals surface area (Å²) in [5.41, 5.74) is 8.19. The van der Waals surface area contributed by atoms with Crippen LogP contribution in [0.4, 0.5) is 0 Å². The molecule has 1 aromatic rings. The van der Waals surface area contributed by atoms with Crippen molar-refractivity contribution in [3.05, 3.63) is 27.8 Å². The van der Waals surface area contributed by atoms with Gasteiger partial charge in [-0.2, -0.15) is 0 Å². The van der Waals surface area contributed by atoms with Crippen LogP contribution >= 0.6 is 0 Å². The lowest BCUT2D eigenvalue weighted by atomic mass is 9.73. The van der Waals surface area contributed by atoms with Crippen molar-refractivity contribution < 1.29 is 0 Å². The molecule has 1 atom stereocenters. The molecule has 0 amide bonds. The van der Waals surface area contributed by atoms with Crippen LogP contribution in [0.25, 0.3) is 0 Å². The van der Waals surface area contributed by atoms with Crippen molar-refractivity contribution >= 4 is 13.3 Å². The molecule has 2 radical (unpaired) electrons. The molecule has 2 rings (SSSR count). The molecule has 0 aromatic heterocycles. The summed E-state index contributed by atoms with van der Waals surface area (Å²) >= 11 is 0. The molecule has 0 heterocycles. The third kappa shape index (κ3) is 2.59. The smallest absolute Gasteiger partial charge is 0.0904 e. The Hall–Kier alpha value is -0.715. The second-order valence-corrected chi connectivity index (χ2v) is 5.09. The minimum atomic E-state index is 0.832. The maximum atomic E-state index is 6.14. The van der Waals surface area contributed by atoms with Gasteiger partial charge in [-0.3, -0.25) is 0 Å². The zero-order valence-corrected chi connectivity index (χ0v) is 12.3. The second kappa shape index (κ2) is 5.75. The van der Waals surface area contributed by atoms with Crippen LogP contribution in [0.2, 0.25) is 0 Å². The zero-order valence-electron chi connectivity index (χ0n) is 12.3. The SMILES string of the molecule is CC.[B]c1c(C)c(C)c2c(c1C)CCC(C)C2. The van der Waals surface area contributed by atoms with Gasteiger partial charge in [0.15, 0.2) is 0 Å². The van der Waals surface area contributed by atoms with Gasteiger partial charge >= 0.3 is 0 Å². The Labute approximate surface area is 108 Å². The second-order valence-electron chi connectivity index (χ2n) is 5.09. The number of rotatable bonds is 0. The molecule has 0 saturated carbocycles. The van der Waals surface area contributed by atoms with Gasteiger partial charge < -0.3 is 0 Å². The number of hydrogen-bond donors (Lipinski definition) is 0. The molecule has 1 heteroatoms. The van der Waals surface area contributed by atoms with E-state index >= 15 is 0 Å². The monoisotopic (exact) mass is 228 g/mol. The summed E-state index contributed by atoms with van der Waals surface area (Å²) in [6.45, 7) is 12.9. The summed E-state index contributed by atoms with van der Waals surface area (Å²) in [4.78, 5) is 0. The van der Waals surface area contributed by atoms with Gasteiger partial charge in [0.1, 0.15) is 7.85 Å². The molecule has 0 aliphatic heterocycles. The highest BCUT2D eigenvalue weighted by Gasteiger charge is 2.20. The summed E-state index contributed by atoms with van der Waals surface area (Å²) in [5.74, 6) is 0.832. The molecule has 1 unspecified atom stereocenters. The maximum absolute atomic E-state index is 6.14. The molecule has 17 heavy (non-hydrogen) atoms. The average Bonchev–Trinajstić information content (AvgIpc) is 2.36. The Balaban J connectivity index is 0.000000686. The summed E-state index contributed by atoms with van der Waals surface area (Å²) in [7, 11) is 6.14. The molecule has 0 bridgehead atoms. The third-order valence-corrected chi connectivity index (χ3v) is 4.08. The molecule has 1 aliphatic rings. The first kappa shape index (κ1) is 14.3. The van der Waals surface area contributed by atoms with Crippen LogP contribution in [0.5, 0.6) is 0 Å². The largest absolute Gasteiger partial charge is 0.114 e. The van der Waals surface area contributed by atoms with Crippen LogP contribution in [0.15, 0.2) is 0 Å². The Morgan fingerprint density at radius 1 is 0.941 bits per heavy atom. The molecule has 1 aliphatic carbocycles. The highest BCUT2D eigenvalue weighted by atomic mass is 14.2. The molecule has 0 fully saturated rings. The minimum Gasteiger partial charge on any atom is -0.0904 e. The standard InChI is InChI=1S/C14H19B.C2H6/c1-8-5-6-12-11(4)14(15)10(3)9(2)13(12)7-8;1-2/h8H,5-7H2,1-4H3;1-2H3. The molecule has 0 nitrogen and oxygen atoms in total.